The van der Waals surface area contributed by atoms with Crippen molar-refractivity contribution in [3.05, 3.63) is 52.4 Å². The topological polar surface area (TPSA) is 79.7 Å². The number of aromatic nitrogens is 2. The van der Waals surface area contributed by atoms with Crippen LogP contribution in [-0.4, -0.2) is 42.3 Å². The molecule has 0 aliphatic heterocycles. The van der Waals surface area contributed by atoms with E-state index in [4.69, 9.17) is 14.2 Å². The number of fused-ring (bicyclic) bond motifs is 1. The second-order valence-electron chi connectivity index (χ2n) is 6.30. The molecule has 0 bridgehead atoms. The highest BCUT2D eigenvalue weighted by molar-refractivity contribution is 7.14. The molecular weight excluding hydrogens is 380 g/mol. The van der Waals surface area contributed by atoms with Crippen LogP contribution in [0.2, 0.25) is 0 Å². The monoisotopic (exact) mass is 402 g/mol. The molecule has 0 saturated heterocycles. The van der Waals surface area contributed by atoms with Crippen molar-refractivity contribution in [1.29, 1.82) is 0 Å². The Balaban J connectivity index is 1.76. The molecule has 7 nitrogen and oxygen atoms in total. The second kappa shape index (κ2) is 8.99. The molecule has 0 fully saturated rings. The summed E-state index contributed by atoms with van der Waals surface area (Å²) in [5.41, 5.74) is 0.612. The van der Waals surface area contributed by atoms with Gasteiger partial charge in [0.15, 0.2) is 11.5 Å². The molecule has 2 aromatic heterocycles. The minimum absolute atomic E-state index is 0.0977. The number of rotatable bonds is 8. The summed E-state index contributed by atoms with van der Waals surface area (Å²) < 4.78 is 17.2. The van der Waals surface area contributed by atoms with E-state index in [0.29, 0.717) is 34.9 Å². The van der Waals surface area contributed by atoms with Crippen LogP contribution in [0.15, 0.2) is 41.3 Å². The van der Waals surface area contributed by atoms with Crippen LogP contribution in [0.3, 0.4) is 0 Å². The molecule has 0 unspecified atom stereocenters. The minimum Gasteiger partial charge on any atom is -0.493 e. The van der Waals surface area contributed by atoms with E-state index in [9.17, 15) is 9.59 Å². The molecule has 0 amide bonds. The standard InChI is InChI=1S/C20H22N2O5S/c1-13(14-6-7-16(17(12-14)26-3)27-10-9-25-2)11-18(23)22-20(24)15-5-4-8-21-19(15)28-22/h4-8,12-13H,9-11H2,1-3H3/t13-/m0/s1. The van der Waals surface area contributed by atoms with Crippen molar-refractivity contribution in [2.24, 2.45) is 0 Å². The summed E-state index contributed by atoms with van der Waals surface area (Å²) in [7, 11) is 3.18. The van der Waals surface area contributed by atoms with Gasteiger partial charge < -0.3 is 14.2 Å². The highest BCUT2D eigenvalue weighted by atomic mass is 32.1. The van der Waals surface area contributed by atoms with Gasteiger partial charge in [0.1, 0.15) is 11.4 Å². The number of hydrogen-bond acceptors (Lipinski definition) is 7. The van der Waals surface area contributed by atoms with Crippen LogP contribution in [0, 0.1) is 0 Å². The summed E-state index contributed by atoms with van der Waals surface area (Å²) in [5.74, 6) is 0.865. The van der Waals surface area contributed by atoms with Crippen molar-refractivity contribution in [3.8, 4) is 11.5 Å². The van der Waals surface area contributed by atoms with Gasteiger partial charge in [0, 0.05) is 19.7 Å². The third-order valence-corrected chi connectivity index (χ3v) is 5.42. The van der Waals surface area contributed by atoms with Crippen LogP contribution < -0.4 is 15.0 Å². The van der Waals surface area contributed by atoms with E-state index in [1.54, 1.807) is 32.5 Å². The lowest BCUT2D eigenvalue weighted by molar-refractivity contribution is 0.0905. The van der Waals surface area contributed by atoms with E-state index in [-0.39, 0.29) is 23.8 Å². The highest BCUT2D eigenvalue weighted by Gasteiger charge is 2.19. The number of carbonyl (C=O) groups excluding carboxylic acids is 1. The molecule has 0 aliphatic carbocycles. The Morgan fingerprint density at radius 3 is 2.75 bits per heavy atom. The first kappa shape index (κ1) is 20.0. The Kier molecular flexibility index (Phi) is 6.43. The smallest absolute Gasteiger partial charge is 0.277 e. The van der Waals surface area contributed by atoms with Gasteiger partial charge in [-0.25, -0.2) is 4.98 Å². The molecule has 1 aromatic carbocycles. The Morgan fingerprint density at radius 1 is 1.21 bits per heavy atom. The van der Waals surface area contributed by atoms with Gasteiger partial charge in [-0.05, 0) is 47.3 Å². The van der Waals surface area contributed by atoms with Crippen molar-refractivity contribution < 1.29 is 19.0 Å². The minimum atomic E-state index is -0.315. The fourth-order valence-corrected chi connectivity index (χ4v) is 3.73. The first-order valence-electron chi connectivity index (χ1n) is 8.85. The van der Waals surface area contributed by atoms with Gasteiger partial charge in [0.05, 0.1) is 19.1 Å². The zero-order valence-corrected chi connectivity index (χ0v) is 16.8. The van der Waals surface area contributed by atoms with Crippen LogP contribution in [0.5, 0.6) is 11.5 Å². The van der Waals surface area contributed by atoms with E-state index < -0.39 is 0 Å². The van der Waals surface area contributed by atoms with Gasteiger partial charge in [-0.3, -0.25) is 9.59 Å². The SMILES string of the molecule is COCCOc1ccc([C@@H](C)CC(=O)n2sc3ncccc3c2=O)cc1OC. The predicted molar refractivity (Wildman–Crippen MR) is 108 cm³/mol. The third kappa shape index (κ3) is 4.23. The molecule has 2 heterocycles. The Morgan fingerprint density at radius 2 is 2.04 bits per heavy atom. The number of nitrogens with zero attached hydrogens (tertiary/aromatic N) is 2. The van der Waals surface area contributed by atoms with Gasteiger partial charge >= 0.3 is 0 Å². The van der Waals surface area contributed by atoms with Crippen LogP contribution >= 0.6 is 11.5 Å². The Hall–Kier alpha value is -2.71. The second-order valence-corrected chi connectivity index (χ2v) is 7.23. The number of pyridine rings is 1. The van der Waals surface area contributed by atoms with Gasteiger partial charge in [0.2, 0.25) is 5.91 Å². The van der Waals surface area contributed by atoms with Gasteiger partial charge in [0.25, 0.3) is 5.56 Å². The van der Waals surface area contributed by atoms with Crippen LogP contribution in [0.4, 0.5) is 0 Å². The summed E-state index contributed by atoms with van der Waals surface area (Å²) in [4.78, 5) is 29.8. The number of methoxy groups -OCH3 is 2. The highest BCUT2D eigenvalue weighted by Crippen LogP contribution is 2.32. The fraction of sp³-hybridized carbons (Fsp3) is 0.350. The number of hydrogen-bond donors (Lipinski definition) is 0. The summed E-state index contributed by atoms with van der Waals surface area (Å²) >= 11 is 1.08. The molecule has 0 spiro atoms. The van der Waals surface area contributed by atoms with Gasteiger partial charge in [-0.15, -0.1) is 0 Å². The lowest BCUT2D eigenvalue weighted by Gasteiger charge is -2.15. The average Bonchev–Trinajstić information content (AvgIpc) is 3.05. The third-order valence-electron chi connectivity index (χ3n) is 4.37. The maximum absolute atomic E-state index is 12.7. The first-order valence-corrected chi connectivity index (χ1v) is 9.62. The van der Waals surface area contributed by atoms with Crippen molar-refractivity contribution in [1.82, 2.24) is 8.94 Å². The molecule has 3 aromatic rings. The maximum Gasteiger partial charge on any atom is 0.277 e. The summed E-state index contributed by atoms with van der Waals surface area (Å²) in [5, 5.41) is 0.465. The first-order chi connectivity index (χ1) is 13.5. The van der Waals surface area contributed by atoms with E-state index in [0.717, 1.165) is 17.1 Å². The lowest BCUT2D eigenvalue weighted by atomic mass is 9.97. The number of benzene rings is 1. The lowest BCUT2D eigenvalue weighted by Crippen LogP contribution is -2.22. The Bertz CT molecular complexity index is 1030. The van der Waals surface area contributed by atoms with Crippen molar-refractivity contribution in [2.75, 3.05) is 27.4 Å². The van der Waals surface area contributed by atoms with Crippen molar-refractivity contribution in [2.45, 2.75) is 19.3 Å². The number of carbonyl (C=O) groups is 1. The quantitative estimate of drug-likeness (QED) is 0.538. The van der Waals surface area contributed by atoms with Crippen LogP contribution in [0.25, 0.3) is 10.2 Å². The molecule has 0 aliphatic rings. The summed E-state index contributed by atoms with van der Waals surface area (Å²) in [6, 6.07) is 8.95. The van der Waals surface area contributed by atoms with E-state index in [2.05, 4.69) is 4.98 Å². The molecule has 3 rings (SSSR count). The molecule has 28 heavy (non-hydrogen) atoms. The maximum atomic E-state index is 12.7. The Labute approximate surface area is 166 Å². The molecule has 0 radical (unpaired) electrons. The summed E-state index contributed by atoms with van der Waals surface area (Å²) in [6.45, 7) is 2.84. The predicted octanol–water partition coefficient (Wildman–Crippen LogP) is 3.33. The molecule has 0 N–H and O–H groups in total. The fourth-order valence-electron chi connectivity index (χ4n) is 2.84. The molecule has 0 saturated carbocycles. The van der Waals surface area contributed by atoms with Gasteiger partial charge in [-0.2, -0.15) is 3.96 Å². The van der Waals surface area contributed by atoms with E-state index in [1.165, 1.54) is 3.96 Å². The number of ether oxygens (including phenoxy) is 3. The van der Waals surface area contributed by atoms with E-state index >= 15 is 0 Å². The van der Waals surface area contributed by atoms with Crippen LogP contribution in [0.1, 0.15) is 29.6 Å². The van der Waals surface area contributed by atoms with Crippen molar-refractivity contribution in [3.63, 3.8) is 0 Å². The normalized spacial score (nSPS) is 12.1. The molecular formula is C20H22N2O5S. The van der Waals surface area contributed by atoms with Crippen molar-refractivity contribution >= 4 is 27.7 Å². The largest absolute Gasteiger partial charge is 0.493 e. The van der Waals surface area contributed by atoms with E-state index in [1.807, 2.05) is 25.1 Å². The van der Waals surface area contributed by atoms with Crippen LogP contribution in [-0.2, 0) is 4.74 Å². The van der Waals surface area contributed by atoms with Gasteiger partial charge in [-0.1, -0.05) is 13.0 Å². The molecule has 1 atom stereocenters. The zero-order valence-electron chi connectivity index (χ0n) is 16.0. The molecule has 148 valence electrons. The zero-order chi connectivity index (χ0) is 20.1. The average molecular weight is 402 g/mol. The molecule has 8 heteroatoms. The summed E-state index contributed by atoms with van der Waals surface area (Å²) in [6.07, 6.45) is 1.80.